The number of thioether (sulfide) groups is 1. The van der Waals surface area contributed by atoms with Gasteiger partial charge in [0.1, 0.15) is 4.70 Å². The number of nitrogens with zero attached hydrogens (tertiary/aromatic N) is 3. The summed E-state index contributed by atoms with van der Waals surface area (Å²) < 4.78 is 2.39. The van der Waals surface area contributed by atoms with Crippen LogP contribution < -0.4 is 5.56 Å². The van der Waals surface area contributed by atoms with Crippen molar-refractivity contribution in [3.8, 4) is 0 Å². The van der Waals surface area contributed by atoms with Gasteiger partial charge in [-0.05, 0) is 30.0 Å². The summed E-state index contributed by atoms with van der Waals surface area (Å²) in [6.07, 6.45) is 3.48. The van der Waals surface area contributed by atoms with Gasteiger partial charge in [0.05, 0.1) is 16.9 Å². The molecule has 3 aromatic heterocycles. The molecule has 0 saturated heterocycles. The first kappa shape index (κ1) is 13.3. The molecule has 6 heteroatoms. The normalized spacial score (nSPS) is 11.1. The molecule has 3 aromatic rings. The first-order valence-corrected chi connectivity index (χ1v) is 8.09. The highest BCUT2D eigenvalue weighted by Crippen LogP contribution is 2.16. The zero-order chi connectivity index (χ0) is 13.9. The van der Waals surface area contributed by atoms with Crippen molar-refractivity contribution in [2.45, 2.75) is 18.5 Å². The van der Waals surface area contributed by atoms with E-state index in [2.05, 4.69) is 9.97 Å². The molecule has 0 N–H and O–H groups in total. The van der Waals surface area contributed by atoms with Gasteiger partial charge < -0.3 is 0 Å². The van der Waals surface area contributed by atoms with Crippen LogP contribution in [0.2, 0.25) is 0 Å². The zero-order valence-electron chi connectivity index (χ0n) is 10.9. The molecule has 102 valence electrons. The number of pyridine rings is 1. The second-order valence-corrected chi connectivity index (χ2v) is 6.43. The van der Waals surface area contributed by atoms with E-state index in [1.54, 1.807) is 22.7 Å². The summed E-state index contributed by atoms with van der Waals surface area (Å²) in [4.78, 5) is 20.8. The van der Waals surface area contributed by atoms with Crippen molar-refractivity contribution in [2.24, 2.45) is 0 Å². The van der Waals surface area contributed by atoms with Crippen molar-refractivity contribution in [1.82, 2.24) is 14.5 Å². The van der Waals surface area contributed by atoms with Crippen LogP contribution in [-0.4, -0.2) is 20.3 Å². The third-order valence-electron chi connectivity index (χ3n) is 2.90. The summed E-state index contributed by atoms with van der Waals surface area (Å²) >= 11 is 3.09. The predicted octanol–water partition coefficient (Wildman–Crippen LogP) is 2.95. The summed E-state index contributed by atoms with van der Waals surface area (Å²) in [5.41, 5.74) is 1.98. The van der Waals surface area contributed by atoms with Gasteiger partial charge in [-0.15, -0.1) is 23.1 Å². The average Bonchev–Trinajstić information content (AvgIpc) is 2.93. The Bertz CT molecular complexity index is 777. The maximum atomic E-state index is 12.2. The third kappa shape index (κ3) is 2.76. The molecule has 4 nitrogen and oxygen atoms in total. The topological polar surface area (TPSA) is 47.8 Å². The van der Waals surface area contributed by atoms with Gasteiger partial charge in [0.25, 0.3) is 5.56 Å². The van der Waals surface area contributed by atoms with E-state index in [1.807, 2.05) is 36.7 Å². The number of fused-ring (bicyclic) bond motifs is 1. The first-order chi connectivity index (χ1) is 9.74. The fraction of sp³-hybridized carbons (Fsp3) is 0.214. The highest BCUT2D eigenvalue weighted by atomic mass is 32.2. The summed E-state index contributed by atoms with van der Waals surface area (Å²) in [5.74, 6) is 0.800. The van der Waals surface area contributed by atoms with Crippen molar-refractivity contribution in [1.29, 1.82) is 0 Å². The van der Waals surface area contributed by atoms with Crippen LogP contribution in [0.15, 0.2) is 45.9 Å². The molecule has 0 aliphatic heterocycles. The Morgan fingerprint density at radius 1 is 1.30 bits per heavy atom. The van der Waals surface area contributed by atoms with Crippen LogP contribution in [0.5, 0.6) is 0 Å². The molecular formula is C14H13N3OS2. The van der Waals surface area contributed by atoms with Gasteiger partial charge in [-0.2, -0.15) is 0 Å². The molecule has 0 bridgehead atoms. The van der Waals surface area contributed by atoms with E-state index in [1.165, 1.54) is 11.3 Å². The molecular weight excluding hydrogens is 290 g/mol. The van der Waals surface area contributed by atoms with Crippen LogP contribution in [0.4, 0.5) is 0 Å². The lowest BCUT2D eigenvalue weighted by Crippen LogP contribution is -2.20. The van der Waals surface area contributed by atoms with E-state index < -0.39 is 0 Å². The quantitative estimate of drug-likeness (QED) is 0.695. The Labute approximate surface area is 124 Å². The summed E-state index contributed by atoms with van der Waals surface area (Å²) in [6.45, 7) is 2.66. The number of hydrogen-bond acceptors (Lipinski definition) is 5. The largest absolute Gasteiger partial charge is 0.297 e. The van der Waals surface area contributed by atoms with Crippen LogP contribution in [0.1, 0.15) is 5.56 Å². The smallest absolute Gasteiger partial charge is 0.271 e. The lowest BCUT2D eigenvalue weighted by molar-refractivity contribution is 0.726. The predicted molar refractivity (Wildman–Crippen MR) is 83.6 cm³/mol. The molecule has 0 atom stereocenters. The van der Waals surface area contributed by atoms with E-state index in [0.29, 0.717) is 6.54 Å². The minimum absolute atomic E-state index is 0.0439. The summed E-state index contributed by atoms with van der Waals surface area (Å²) in [6, 6.07) is 5.92. The highest BCUT2D eigenvalue weighted by Gasteiger charge is 2.05. The molecule has 0 aromatic carbocycles. The minimum atomic E-state index is 0.0439. The van der Waals surface area contributed by atoms with Crippen molar-refractivity contribution >= 4 is 33.3 Å². The Morgan fingerprint density at radius 2 is 2.20 bits per heavy atom. The zero-order valence-corrected chi connectivity index (χ0v) is 12.6. The fourth-order valence-electron chi connectivity index (χ4n) is 1.83. The van der Waals surface area contributed by atoms with Crippen molar-refractivity contribution in [3.63, 3.8) is 0 Å². The second-order valence-electron chi connectivity index (χ2n) is 4.40. The second kappa shape index (κ2) is 5.76. The molecule has 3 rings (SSSR count). The molecule has 0 saturated carbocycles. The van der Waals surface area contributed by atoms with Gasteiger partial charge in [0.2, 0.25) is 0 Å². The number of thiophene rings is 1. The van der Waals surface area contributed by atoms with Crippen molar-refractivity contribution < 1.29 is 0 Å². The van der Waals surface area contributed by atoms with Crippen LogP contribution in [0, 0.1) is 6.92 Å². The van der Waals surface area contributed by atoms with Crippen LogP contribution in [-0.2, 0) is 6.54 Å². The molecule has 20 heavy (non-hydrogen) atoms. The minimum Gasteiger partial charge on any atom is -0.297 e. The Hall–Kier alpha value is -1.66. The molecule has 3 heterocycles. The van der Waals surface area contributed by atoms with E-state index in [9.17, 15) is 4.79 Å². The molecule has 0 fully saturated rings. The number of hydrogen-bond donors (Lipinski definition) is 0. The van der Waals surface area contributed by atoms with Gasteiger partial charge in [-0.1, -0.05) is 6.07 Å². The van der Waals surface area contributed by atoms with E-state index in [0.717, 1.165) is 26.6 Å². The average molecular weight is 303 g/mol. The molecule has 0 aliphatic carbocycles. The van der Waals surface area contributed by atoms with Crippen molar-refractivity contribution in [3.05, 3.63) is 52.0 Å². The van der Waals surface area contributed by atoms with Gasteiger partial charge in [-0.3, -0.25) is 9.36 Å². The number of rotatable bonds is 4. The fourth-order valence-corrected chi connectivity index (χ4v) is 3.41. The lowest BCUT2D eigenvalue weighted by Gasteiger charge is -2.05. The Balaban J connectivity index is 1.69. The van der Waals surface area contributed by atoms with Gasteiger partial charge in [0.15, 0.2) is 0 Å². The highest BCUT2D eigenvalue weighted by molar-refractivity contribution is 7.99. The molecule has 0 unspecified atom stereocenters. The Kier molecular flexibility index (Phi) is 3.84. The van der Waals surface area contributed by atoms with Gasteiger partial charge >= 0.3 is 0 Å². The molecule has 0 spiro atoms. The van der Waals surface area contributed by atoms with Crippen LogP contribution in [0.3, 0.4) is 0 Å². The third-order valence-corrected chi connectivity index (χ3v) is 4.72. The first-order valence-electron chi connectivity index (χ1n) is 6.22. The molecule has 0 radical (unpaired) electrons. The maximum absolute atomic E-state index is 12.2. The number of aryl methyl sites for hydroxylation is 2. The van der Waals surface area contributed by atoms with E-state index in [4.69, 9.17) is 0 Å². The SMILES string of the molecule is Cc1ccc(SCCn2cnc3ccsc3c2=O)nc1. The van der Waals surface area contributed by atoms with Gasteiger partial charge in [-0.25, -0.2) is 9.97 Å². The van der Waals surface area contributed by atoms with Gasteiger partial charge in [0, 0.05) is 18.5 Å². The molecule has 0 aliphatic rings. The standard InChI is InChI=1S/C14H13N3OS2/c1-10-2-3-12(15-8-10)19-7-5-17-9-16-11-4-6-20-13(11)14(17)18/h2-4,6,8-9H,5,7H2,1H3. The number of aromatic nitrogens is 3. The summed E-state index contributed by atoms with van der Waals surface area (Å²) in [5, 5.41) is 2.88. The molecule has 0 amide bonds. The summed E-state index contributed by atoms with van der Waals surface area (Å²) in [7, 11) is 0. The van der Waals surface area contributed by atoms with E-state index >= 15 is 0 Å². The van der Waals surface area contributed by atoms with Crippen molar-refractivity contribution in [2.75, 3.05) is 5.75 Å². The lowest BCUT2D eigenvalue weighted by atomic mass is 10.3. The maximum Gasteiger partial charge on any atom is 0.271 e. The Morgan fingerprint density at radius 3 is 3.00 bits per heavy atom. The van der Waals surface area contributed by atoms with E-state index in [-0.39, 0.29) is 5.56 Å². The monoisotopic (exact) mass is 303 g/mol. The van der Waals surface area contributed by atoms with Crippen LogP contribution >= 0.6 is 23.1 Å². The van der Waals surface area contributed by atoms with Crippen LogP contribution in [0.25, 0.3) is 10.2 Å².